The molecule has 1 aliphatic carbocycles. The number of thiophene rings is 1. The molecule has 4 rings (SSSR count). The van der Waals surface area contributed by atoms with Crippen molar-refractivity contribution < 1.29 is 4.79 Å². The van der Waals surface area contributed by atoms with Crippen LogP contribution in [0.2, 0.25) is 0 Å². The van der Waals surface area contributed by atoms with Crippen molar-refractivity contribution in [1.29, 1.82) is 0 Å². The number of carbonyl (C=O) groups excluding carboxylic acids is 1. The van der Waals surface area contributed by atoms with Gasteiger partial charge in [0.05, 0.1) is 6.04 Å². The summed E-state index contributed by atoms with van der Waals surface area (Å²) >= 11 is 1.91. The molecule has 0 bridgehead atoms. The van der Waals surface area contributed by atoms with Crippen molar-refractivity contribution in [3.8, 4) is 5.00 Å². The van der Waals surface area contributed by atoms with Gasteiger partial charge in [0.1, 0.15) is 5.00 Å². The van der Waals surface area contributed by atoms with E-state index in [2.05, 4.69) is 65.4 Å². The molecule has 1 saturated carbocycles. The van der Waals surface area contributed by atoms with Gasteiger partial charge in [0.2, 0.25) is 0 Å². The molecule has 2 aromatic rings. The van der Waals surface area contributed by atoms with E-state index in [1.807, 2.05) is 11.3 Å². The third-order valence-electron chi connectivity index (χ3n) is 6.82. The number of hydrogen-bond acceptors (Lipinski definition) is 3. The summed E-state index contributed by atoms with van der Waals surface area (Å²) in [6.07, 6.45) is 12.1. The Bertz CT molecular complexity index is 851. The van der Waals surface area contributed by atoms with E-state index in [9.17, 15) is 4.79 Å². The molecule has 2 aromatic heterocycles. The molecule has 31 heavy (non-hydrogen) atoms. The summed E-state index contributed by atoms with van der Waals surface area (Å²) in [5.41, 5.74) is 2.84. The molecule has 3 heterocycles. The molecule has 6 heteroatoms. The van der Waals surface area contributed by atoms with Crippen LogP contribution in [0, 0.1) is 5.92 Å². The average Bonchev–Trinajstić information content (AvgIpc) is 3.50. The van der Waals surface area contributed by atoms with Crippen LogP contribution in [0.5, 0.6) is 0 Å². The van der Waals surface area contributed by atoms with Crippen molar-refractivity contribution in [2.45, 2.75) is 84.3 Å². The molecule has 2 N–H and O–H groups in total. The van der Waals surface area contributed by atoms with Crippen LogP contribution in [0.4, 0.5) is 4.79 Å². The van der Waals surface area contributed by atoms with Crippen LogP contribution in [0.15, 0.2) is 24.5 Å². The van der Waals surface area contributed by atoms with Crippen LogP contribution < -0.4 is 10.6 Å². The summed E-state index contributed by atoms with van der Waals surface area (Å²) < 4.78 is 2.24. The van der Waals surface area contributed by atoms with E-state index in [-0.39, 0.29) is 12.1 Å². The smallest absolute Gasteiger partial charge is 0.315 e. The number of urea groups is 1. The Balaban J connectivity index is 1.65. The lowest BCUT2D eigenvalue weighted by molar-refractivity contribution is 0.231. The first-order valence-corrected chi connectivity index (χ1v) is 12.9. The predicted molar refractivity (Wildman–Crippen MR) is 129 cm³/mol. The Morgan fingerprint density at radius 1 is 1.19 bits per heavy atom. The van der Waals surface area contributed by atoms with E-state index in [0.717, 1.165) is 51.7 Å². The highest BCUT2D eigenvalue weighted by Crippen LogP contribution is 2.41. The largest absolute Gasteiger partial charge is 0.335 e. The van der Waals surface area contributed by atoms with Gasteiger partial charge in [-0.1, -0.05) is 33.6 Å². The van der Waals surface area contributed by atoms with Gasteiger partial charge >= 0.3 is 6.03 Å². The van der Waals surface area contributed by atoms with Gasteiger partial charge in [-0.15, -0.1) is 11.3 Å². The van der Waals surface area contributed by atoms with E-state index >= 15 is 0 Å². The number of likely N-dealkylation sites (N-methyl/N-ethyl adjacent to an activating group) is 1. The maximum atomic E-state index is 13.0. The van der Waals surface area contributed by atoms with Crippen molar-refractivity contribution in [3.05, 3.63) is 40.5 Å². The number of carbonyl (C=O) groups is 1. The summed E-state index contributed by atoms with van der Waals surface area (Å²) in [7, 11) is 0. The molecular weight excluding hydrogens is 404 g/mol. The fourth-order valence-corrected chi connectivity index (χ4v) is 6.42. The molecule has 0 aromatic carbocycles. The van der Waals surface area contributed by atoms with E-state index in [0.29, 0.717) is 12.0 Å². The molecular formula is C25H38N4OS. The van der Waals surface area contributed by atoms with Crippen LogP contribution in [0.25, 0.3) is 5.00 Å². The normalized spacial score (nSPS) is 18.3. The second-order valence-electron chi connectivity index (χ2n) is 9.55. The second kappa shape index (κ2) is 10.2. The van der Waals surface area contributed by atoms with E-state index in [4.69, 9.17) is 0 Å². The Labute approximate surface area is 191 Å². The van der Waals surface area contributed by atoms with Gasteiger partial charge in [0.25, 0.3) is 0 Å². The highest BCUT2D eigenvalue weighted by molar-refractivity contribution is 7.15. The van der Waals surface area contributed by atoms with E-state index in [1.165, 1.54) is 33.8 Å². The number of fused-ring (bicyclic) bond motifs is 1. The number of nitrogens with zero attached hydrogens (tertiary/aromatic N) is 2. The lowest BCUT2D eigenvalue weighted by Crippen LogP contribution is -2.43. The zero-order valence-corrected chi connectivity index (χ0v) is 20.1. The quantitative estimate of drug-likeness (QED) is 0.556. The average molecular weight is 443 g/mol. The number of nitrogens with one attached hydrogen (secondary N) is 2. The number of aromatic nitrogens is 1. The molecule has 1 atom stereocenters. The Morgan fingerprint density at radius 3 is 2.61 bits per heavy atom. The van der Waals surface area contributed by atoms with Crippen LogP contribution in [0.1, 0.15) is 81.3 Å². The predicted octanol–water partition coefficient (Wildman–Crippen LogP) is 5.64. The van der Waals surface area contributed by atoms with Gasteiger partial charge in [-0.25, -0.2) is 4.79 Å². The maximum absolute atomic E-state index is 13.0. The van der Waals surface area contributed by atoms with Gasteiger partial charge in [-0.2, -0.15) is 0 Å². The second-order valence-corrected chi connectivity index (χ2v) is 10.6. The zero-order chi connectivity index (χ0) is 21.8. The van der Waals surface area contributed by atoms with Crippen LogP contribution in [-0.4, -0.2) is 34.6 Å². The van der Waals surface area contributed by atoms with Crippen LogP contribution in [0.3, 0.4) is 0 Å². The fourth-order valence-electron chi connectivity index (χ4n) is 5.00. The molecule has 1 fully saturated rings. The molecule has 1 aliphatic heterocycles. The van der Waals surface area contributed by atoms with E-state index < -0.39 is 0 Å². The minimum absolute atomic E-state index is 0.00468. The third kappa shape index (κ3) is 5.35. The fraction of sp³-hybridized carbons (Fsp3) is 0.640. The summed E-state index contributed by atoms with van der Waals surface area (Å²) in [4.78, 5) is 17.0. The minimum Gasteiger partial charge on any atom is -0.335 e. The van der Waals surface area contributed by atoms with Crippen molar-refractivity contribution >= 4 is 17.4 Å². The first-order chi connectivity index (χ1) is 15.0. The van der Waals surface area contributed by atoms with Gasteiger partial charge in [-0.3, -0.25) is 4.90 Å². The van der Waals surface area contributed by atoms with Crippen LogP contribution >= 0.6 is 11.3 Å². The number of amides is 2. The SMILES string of the molecule is CCN1CCc2c(sc(-n3cccc3)c2[C@@H](CCC(C)C)NC(=O)NC2CCCC2)C1. The molecule has 2 aliphatic rings. The highest BCUT2D eigenvalue weighted by atomic mass is 32.1. The summed E-state index contributed by atoms with van der Waals surface area (Å²) in [5.74, 6) is 0.613. The Hall–Kier alpha value is -1.79. The van der Waals surface area contributed by atoms with Crippen molar-refractivity contribution in [2.24, 2.45) is 5.92 Å². The Kier molecular flexibility index (Phi) is 7.39. The summed E-state index contributed by atoms with van der Waals surface area (Å²) in [6, 6.07) is 4.57. The van der Waals surface area contributed by atoms with Crippen molar-refractivity contribution in [3.63, 3.8) is 0 Å². The molecule has 0 unspecified atom stereocenters. The van der Waals surface area contributed by atoms with Gasteiger partial charge in [0.15, 0.2) is 0 Å². The first kappa shape index (κ1) is 22.4. The molecule has 5 nitrogen and oxygen atoms in total. The van der Waals surface area contributed by atoms with Gasteiger partial charge in [0, 0.05) is 42.0 Å². The summed E-state index contributed by atoms with van der Waals surface area (Å²) in [5, 5.41) is 7.94. The third-order valence-corrected chi connectivity index (χ3v) is 8.07. The Morgan fingerprint density at radius 2 is 1.94 bits per heavy atom. The van der Waals surface area contributed by atoms with Crippen molar-refractivity contribution in [2.75, 3.05) is 13.1 Å². The summed E-state index contributed by atoms with van der Waals surface area (Å²) in [6.45, 7) is 9.99. The first-order valence-electron chi connectivity index (χ1n) is 12.1. The monoisotopic (exact) mass is 442 g/mol. The minimum atomic E-state index is 0.00468. The number of rotatable bonds is 8. The standard InChI is InChI=1S/C25H38N4OS/c1-4-28-16-13-20-22(17-28)31-24(29-14-7-8-15-29)23(20)21(12-11-18(2)3)27-25(30)26-19-9-5-6-10-19/h7-8,14-15,18-19,21H,4-6,9-13,16-17H2,1-3H3,(H2,26,27,30)/t21-/m1/s1. The zero-order valence-electron chi connectivity index (χ0n) is 19.3. The molecule has 2 amide bonds. The molecule has 0 radical (unpaired) electrons. The lowest BCUT2D eigenvalue weighted by Gasteiger charge is -2.28. The molecule has 0 saturated heterocycles. The highest BCUT2D eigenvalue weighted by Gasteiger charge is 2.30. The number of hydrogen-bond donors (Lipinski definition) is 2. The molecule has 0 spiro atoms. The van der Waals surface area contributed by atoms with Crippen molar-refractivity contribution in [1.82, 2.24) is 20.1 Å². The van der Waals surface area contributed by atoms with Gasteiger partial charge < -0.3 is 15.2 Å². The van der Waals surface area contributed by atoms with Gasteiger partial charge in [-0.05, 0) is 62.3 Å². The van der Waals surface area contributed by atoms with Crippen LogP contribution in [-0.2, 0) is 13.0 Å². The lowest BCUT2D eigenvalue weighted by atomic mass is 9.92. The topological polar surface area (TPSA) is 49.3 Å². The maximum Gasteiger partial charge on any atom is 0.315 e. The van der Waals surface area contributed by atoms with E-state index in [1.54, 1.807) is 0 Å². The molecule has 170 valence electrons.